The summed E-state index contributed by atoms with van der Waals surface area (Å²) in [6.07, 6.45) is 1.51. The Morgan fingerprint density at radius 2 is 1.23 bits per heavy atom. The molecule has 0 aliphatic carbocycles. The van der Waals surface area contributed by atoms with Crippen molar-refractivity contribution in [1.29, 1.82) is 0 Å². The fraction of sp³-hybridized carbons (Fsp3) is 0.0789. The molecule has 0 bridgehead atoms. The highest BCUT2D eigenvalue weighted by Gasteiger charge is 2.34. The van der Waals surface area contributed by atoms with E-state index in [9.17, 15) is 14.4 Å². The van der Waals surface area contributed by atoms with Crippen LogP contribution in [0.15, 0.2) is 121 Å². The molecule has 0 fully saturated rings. The van der Waals surface area contributed by atoms with Crippen LogP contribution >= 0.6 is 0 Å². The molecule has 0 atom stereocenters. The Hall–Kier alpha value is -6.35. The average molecular weight is 629 g/mol. The third kappa shape index (κ3) is 6.84. The highest BCUT2D eigenvalue weighted by atomic mass is 16.6. The van der Waals surface area contributed by atoms with Crippen LogP contribution in [0.2, 0.25) is 0 Å². The summed E-state index contributed by atoms with van der Waals surface area (Å²) in [6, 6.07) is 32.4. The number of carbonyl (C=O) groups excluding carboxylic acids is 3. The molecule has 0 saturated heterocycles. The lowest BCUT2D eigenvalue weighted by Gasteiger charge is -2.15. The van der Waals surface area contributed by atoms with Crippen molar-refractivity contribution in [2.75, 3.05) is 14.2 Å². The minimum atomic E-state index is -0.704. The van der Waals surface area contributed by atoms with Crippen LogP contribution in [0.4, 0.5) is 0 Å². The second-order valence-corrected chi connectivity index (χ2v) is 10.3. The van der Waals surface area contributed by atoms with Crippen molar-refractivity contribution in [2.24, 2.45) is 0 Å². The summed E-state index contributed by atoms with van der Waals surface area (Å²) in [5.74, 6) is -0.855. The zero-order chi connectivity index (χ0) is 32.8. The molecule has 0 N–H and O–H groups in total. The Labute approximate surface area is 270 Å². The summed E-state index contributed by atoms with van der Waals surface area (Å²) >= 11 is 0. The summed E-state index contributed by atoms with van der Waals surface area (Å²) < 4.78 is 34.5. The first-order chi connectivity index (χ1) is 22.9. The van der Waals surface area contributed by atoms with Gasteiger partial charge in [-0.1, -0.05) is 66.7 Å². The molecule has 0 saturated carbocycles. The molecule has 47 heavy (non-hydrogen) atoms. The van der Waals surface area contributed by atoms with Crippen LogP contribution in [0, 0.1) is 0 Å². The zero-order valence-electron chi connectivity index (χ0n) is 25.4. The van der Waals surface area contributed by atoms with Gasteiger partial charge in [-0.15, -0.1) is 0 Å². The second-order valence-electron chi connectivity index (χ2n) is 10.3. The third-order valence-electron chi connectivity index (χ3n) is 7.15. The van der Waals surface area contributed by atoms with Crippen LogP contribution in [0.1, 0.15) is 42.2 Å². The van der Waals surface area contributed by atoms with Crippen molar-refractivity contribution in [1.82, 2.24) is 0 Å². The van der Waals surface area contributed by atoms with Crippen molar-refractivity contribution in [3.63, 3.8) is 0 Å². The minimum Gasteiger partial charge on any atom is -0.493 e. The fourth-order valence-electron chi connectivity index (χ4n) is 4.87. The van der Waals surface area contributed by atoms with Gasteiger partial charge in [0, 0.05) is 12.1 Å². The number of hydrogen-bond acceptors (Lipinski definition) is 9. The van der Waals surface area contributed by atoms with Crippen LogP contribution in [0.25, 0.3) is 6.08 Å². The number of ether oxygens (including phenoxy) is 6. The van der Waals surface area contributed by atoms with Gasteiger partial charge in [-0.3, -0.25) is 4.79 Å². The minimum absolute atomic E-state index is 0.00165. The van der Waals surface area contributed by atoms with Gasteiger partial charge in [0.25, 0.3) is 0 Å². The van der Waals surface area contributed by atoms with Crippen LogP contribution < -0.4 is 28.4 Å². The normalized spacial score (nSPS) is 12.6. The van der Waals surface area contributed by atoms with Crippen molar-refractivity contribution in [3.8, 4) is 34.5 Å². The number of rotatable bonds is 10. The Morgan fingerprint density at radius 3 is 1.81 bits per heavy atom. The van der Waals surface area contributed by atoms with Gasteiger partial charge in [-0.2, -0.15) is 0 Å². The second kappa shape index (κ2) is 13.7. The molecular formula is C38H28O9. The molecule has 5 aromatic carbocycles. The van der Waals surface area contributed by atoms with E-state index < -0.39 is 17.7 Å². The smallest absolute Gasteiger partial charge is 0.343 e. The molecule has 234 valence electrons. The van der Waals surface area contributed by atoms with E-state index in [-0.39, 0.29) is 40.7 Å². The summed E-state index contributed by atoms with van der Waals surface area (Å²) in [5, 5.41) is 0. The third-order valence-corrected chi connectivity index (χ3v) is 7.15. The van der Waals surface area contributed by atoms with E-state index in [0.29, 0.717) is 28.4 Å². The number of ketones is 1. The number of allylic oxidation sites excluding steroid dienone is 1. The summed E-state index contributed by atoms with van der Waals surface area (Å²) in [4.78, 5) is 39.6. The largest absolute Gasteiger partial charge is 0.493 e. The predicted octanol–water partition coefficient (Wildman–Crippen LogP) is 7.34. The first-order valence-electron chi connectivity index (χ1n) is 14.5. The maximum atomic E-state index is 13.8. The van der Waals surface area contributed by atoms with E-state index in [2.05, 4.69) is 0 Å². The highest BCUT2D eigenvalue weighted by Crippen LogP contribution is 2.44. The van der Waals surface area contributed by atoms with Crippen molar-refractivity contribution < 1.29 is 42.8 Å². The van der Waals surface area contributed by atoms with E-state index in [1.165, 1.54) is 32.4 Å². The number of esters is 2. The molecule has 0 spiro atoms. The van der Waals surface area contributed by atoms with Gasteiger partial charge < -0.3 is 28.4 Å². The van der Waals surface area contributed by atoms with Gasteiger partial charge in [0.05, 0.1) is 25.3 Å². The molecule has 0 unspecified atom stereocenters. The van der Waals surface area contributed by atoms with E-state index in [0.717, 1.165) is 5.56 Å². The number of carbonyl (C=O) groups is 3. The van der Waals surface area contributed by atoms with Gasteiger partial charge >= 0.3 is 11.9 Å². The average Bonchev–Trinajstić information content (AvgIpc) is 3.42. The molecule has 5 aromatic rings. The number of benzene rings is 5. The van der Waals surface area contributed by atoms with Gasteiger partial charge in [0.2, 0.25) is 11.5 Å². The van der Waals surface area contributed by atoms with E-state index in [1.54, 1.807) is 72.8 Å². The number of fused-ring (bicyclic) bond motifs is 1. The monoisotopic (exact) mass is 628 g/mol. The lowest BCUT2D eigenvalue weighted by Crippen LogP contribution is -2.12. The molecule has 9 heteroatoms. The summed E-state index contributed by atoms with van der Waals surface area (Å²) in [7, 11) is 3.00. The molecular weight excluding hydrogens is 600 g/mol. The van der Waals surface area contributed by atoms with E-state index in [4.69, 9.17) is 28.4 Å². The standard InChI is InChI=1S/C38H28O9/c1-42-32-19-25(20-33(43-2)36(32)44-23-24-12-6-3-7-13-24)18-31-35(39)34-29(46-31)21-28(45-37(40)26-14-8-4-9-15-26)22-30(34)47-38(41)27-16-10-5-11-17-27/h3-22H,23H2,1-2H3/b31-18-. The molecule has 1 aliphatic rings. The lowest BCUT2D eigenvalue weighted by molar-refractivity contribution is 0.0732. The molecule has 9 nitrogen and oxygen atoms in total. The van der Waals surface area contributed by atoms with Crippen molar-refractivity contribution >= 4 is 23.8 Å². The van der Waals surface area contributed by atoms with Gasteiger partial charge in [0.15, 0.2) is 17.3 Å². The van der Waals surface area contributed by atoms with Crippen LogP contribution in [-0.2, 0) is 6.61 Å². The number of Topliss-reactive ketones (excluding diaryl/α,β-unsaturated/α-hetero) is 1. The Balaban J connectivity index is 1.33. The maximum Gasteiger partial charge on any atom is 0.343 e. The molecule has 6 rings (SSSR count). The van der Waals surface area contributed by atoms with Crippen LogP contribution in [0.3, 0.4) is 0 Å². The first-order valence-corrected chi connectivity index (χ1v) is 14.5. The quantitative estimate of drug-likeness (QED) is 0.0892. The topological polar surface area (TPSA) is 107 Å². The van der Waals surface area contributed by atoms with Gasteiger partial charge in [0.1, 0.15) is 29.4 Å². The first kappa shape index (κ1) is 30.7. The predicted molar refractivity (Wildman–Crippen MR) is 172 cm³/mol. The molecule has 1 heterocycles. The number of methoxy groups -OCH3 is 2. The van der Waals surface area contributed by atoms with E-state index in [1.807, 2.05) is 30.3 Å². The Kier molecular flexibility index (Phi) is 8.97. The molecule has 0 amide bonds. The van der Waals surface area contributed by atoms with E-state index >= 15 is 0 Å². The zero-order valence-corrected chi connectivity index (χ0v) is 25.4. The summed E-state index contributed by atoms with van der Waals surface area (Å²) in [5.41, 5.74) is 2.06. The Bertz CT molecular complexity index is 1940. The SMILES string of the molecule is COc1cc(/C=C2\Oc3cc(OC(=O)c4ccccc4)cc(OC(=O)c4ccccc4)c3C2=O)cc(OC)c1OCc1ccccc1. The maximum absolute atomic E-state index is 13.8. The Morgan fingerprint density at radius 1 is 0.681 bits per heavy atom. The molecule has 0 radical (unpaired) electrons. The summed E-state index contributed by atoms with van der Waals surface area (Å²) in [6.45, 7) is 0.284. The molecule has 0 aromatic heterocycles. The van der Waals surface area contributed by atoms with Crippen molar-refractivity contribution in [3.05, 3.63) is 149 Å². The highest BCUT2D eigenvalue weighted by molar-refractivity contribution is 6.17. The van der Waals surface area contributed by atoms with Gasteiger partial charge in [-0.25, -0.2) is 9.59 Å². The number of hydrogen-bond donors (Lipinski definition) is 0. The van der Waals surface area contributed by atoms with Crippen molar-refractivity contribution in [2.45, 2.75) is 6.61 Å². The van der Waals surface area contributed by atoms with Crippen LogP contribution in [0.5, 0.6) is 34.5 Å². The lowest BCUT2D eigenvalue weighted by atomic mass is 10.1. The molecule has 1 aliphatic heterocycles. The van der Waals surface area contributed by atoms with Crippen LogP contribution in [-0.4, -0.2) is 31.9 Å². The van der Waals surface area contributed by atoms with Gasteiger partial charge in [-0.05, 0) is 53.6 Å². The fourth-order valence-corrected chi connectivity index (χ4v) is 4.87.